The van der Waals surface area contributed by atoms with Crippen molar-refractivity contribution < 1.29 is 4.74 Å². The van der Waals surface area contributed by atoms with E-state index in [9.17, 15) is 0 Å². The summed E-state index contributed by atoms with van der Waals surface area (Å²) in [4.78, 5) is 0. The van der Waals surface area contributed by atoms with Gasteiger partial charge in [0.2, 0.25) is 0 Å². The lowest BCUT2D eigenvalue weighted by atomic mass is 10.0. The molecular formula is C10H14Cl2N2O. The fraction of sp³-hybridized carbons (Fsp3) is 0.400. The van der Waals surface area contributed by atoms with Crippen LogP contribution in [-0.4, -0.2) is 13.2 Å². The molecule has 1 aromatic carbocycles. The Morgan fingerprint density at radius 3 is 2.47 bits per heavy atom. The topological polar surface area (TPSA) is 47.3 Å². The quantitative estimate of drug-likeness (QED) is 0.636. The third-order valence-corrected chi connectivity index (χ3v) is 3.06. The molecule has 0 bridgehead atoms. The van der Waals surface area contributed by atoms with Crippen LogP contribution in [0, 0.1) is 0 Å². The van der Waals surface area contributed by atoms with Gasteiger partial charge < -0.3 is 4.74 Å². The van der Waals surface area contributed by atoms with Crippen molar-refractivity contribution in [2.45, 2.75) is 19.1 Å². The zero-order chi connectivity index (χ0) is 11.4. The Hall–Kier alpha value is -0.320. The minimum Gasteiger partial charge on any atom is -0.380 e. The van der Waals surface area contributed by atoms with Gasteiger partial charge in [0.1, 0.15) is 0 Å². The lowest BCUT2D eigenvalue weighted by Crippen LogP contribution is -2.36. The Balaban J connectivity index is 2.97. The van der Waals surface area contributed by atoms with Crippen LogP contribution in [0.15, 0.2) is 18.2 Å². The van der Waals surface area contributed by atoms with E-state index in [-0.39, 0.29) is 12.1 Å². The van der Waals surface area contributed by atoms with Crippen LogP contribution < -0.4 is 11.3 Å². The second-order valence-corrected chi connectivity index (χ2v) is 4.07. The molecule has 3 N–H and O–H groups in total. The van der Waals surface area contributed by atoms with E-state index in [4.69, 9.17) is 33.8 Å². The van der Waals surface area contributed by atoms with Gasteiger partial charge in [-0.15, -0.1) is 0 Å². The van der Waals surface area contributed by atoms with E-state index in [0.717, 1.165) is 5.56 Å². The highest BCUT2D eigenvalue weighted by Crippen LogP contribution is 2.27. The maximum Gasteiger partial charge on any atom is 0.0750 e. The van der Waals surface area contributed by atoms with E-state index in [0.29, 0.717) is 10.0 Å². The SMILES string of the molecule is COC(C)C(NN)c1ccc(Cl)c(Cl)c1. The van der Waals surface area contributed by atoms with Gasteiger partial charge in [-0.3, -0.25) is 11.3 Å². The molecule has 2 atom stereocenters. The highest BCUT2D eigenvalue weighted by molar-refractivity contribution is 6.42. The molecule has 0 aliphatic heterocycles. The maximum atomic E-state index is 5.92. The molecular weight excluding hydrogens is 235 g/mol. The molecule has 0 aliphatic rings. The number of benzene rings is 1. The molecule has 0 saturated carbocycles. The van der Waals surface area contributed by atoms with Crippen LogP contribution in [0.3, 0.4) is 0 Å². The summed E-state index contributed by atoms with van der Waals surface area (Å²) in [6, 6.07) is 5.29. The third-order valence-electron chi connectivity index (χ3n) is 2.32. The molecule has 0 fully saturated rings. The van der Waals surface area contributed by atoms with Gasteiger partial charge in [-0.2, -0.15) is 0 Å². The van der Waals surface area contributed by atoms with Crippen LogP contribution >= 0.6 is 23.2 Å². The summed E-state index contributed by atoms with van der Waals surface area (Å²) in [6.45, 7) is 1.92. The van der Waals surface area contributed by atoms with Gasteiger partial charge in [-0.1, -0.05) is 29.3 Å². The first kappa shape index (κ1) is 12.7. The van der Waals surface area contributed by atoms with Gasteiger partial charge in [0, 0.05) is 7.11 Å². The van der Waals surface area contributed by atoms with E-state index < -0.39 is 0 Å². The fourth-order valence-electron chi connectivity index (χ4n) is 1.34. The highest BCUT2D eigenvalue weighted by atomic mass is 35.5. The van der Waals surface area contributed by atoms with E-state index in [2.05, 4.69) is 5.43 Å². The summed E-state index contributed by atoms with van der Waals surface area (Å²) < 4.78 is 5.21. The first-order valence-electron chi connectivity index (χ1n) is 4.54. The standard InChI is InChI=1S/C10H14Cl2N2O/c1-6(15-2)10(14-13)7-3-4-8(11)9(12)5-7/h3-6,10,14H,13H2,1-2H3. The number of ether oxygens (including phenoxy) is 1. The molecule has 0 amide bonds. The molecule has 0 heterocycles. The molecule has 5 heteroatoms. The van der Waals surface area contributed by atoms with Crippen molar-refractivity contribution in [3.05, 3.63) is 33.8 Å². The Morgan fingerprint density at radius 1 is 1.33 bits per heavy atom. The zero-order valence-corrected chi connectivity index (χ0v) is 10.1. The van der Waals surface area contributed by atoms with Crippen LogP contribution in [-0.2, 0) is 4.74 Å². The number of methoxy groups -OCH3 is 1. The van der Waals surface area contributed by atoms with Crippen LogP contribution in [0.2, 0.25) is 10.0 Å². The van der Waals surface area contributed by atoms with Crippen LogP contribution in [0.1, 0.15) is 18.5 Å². The smallest absolute Gasteiger partial charge is 0.0750 e. The second kappa shape index (κ2) is 5.68. The van der Waals surface area contributed by atoms with E-state index >= 15 is 0 Å². The van der Waals surface area contributed by atoms with Gasteiger partial charge in [0.25, 0.3) is 0 Å². The summed E-state index contributed by atoms with van der Waals surface area (Å²) >= 11 is 11.7. The summed E-state index contributed by atoms with van der Waals surface area (Å²) in [5, 5.41) is 1.04. The molecule has 0 aromatic heterocycles. The van der Waals surface area contributed by atoms with Crippen molar-refractivity contribution in [2.24, 2.45) is 5.84 Å². The normalized spacial score (nSPS) is 15.0. The number of nitrogens with two attached hydrogens (primary N) is 1. The molecule has 3 nitrogen and oxygen atoms in total. The Kier molecular flexibility index (Phi) is 4.83. The van der Waals surface area contributed by atoms with Gasteiger partial charge in [0.05, 0.1) is 22.2 Å². The molecule has 84 valence electrons. The first-order valence-corrected chi connectivity index (χ1v) is 5.29. The number of halogens is 2. The van der Waals surface area contributed by atoms with Crippen molar-refractivity contribution >= 4 is 23.2 Å². The largest absolute Gasteiger partial charge is 0.380 e. The molecule has 0 radical (unpaired) electrons. The predicted molar refractivity (Wildman–Crippen MR) is 63.0 cm³/mol. The molecule has 1 aromatic rings. The van der Waals surface area contributed by atoms with E-state index in [1.165, 1.54) is 0 Å². The molecule has 15 heavy (non-hydrogen) atoms. The average molecular weight is 249 g/mol. The Bertz CT molecular complexity index is 333. The fourth-order valence-corrected chi connectivity index (χ4v) is 1.65. The van der Waals surface area contributed by atoms with Crippen molar-refractivity contribution in [3.63, 3.8) is 0 Å². The number of hydrazine groups is 1. The monoisotopic (exact) mass is 248 g/mol. The Labute approximate surface area is 99.5 Å². The van der Waals surface area contributed by atoms with Crippen molar-refractivity contribution in [2.75, 3.05) is 7.11 Å². The van der Waals surface area contributed by atoms with Crippen LogP contribution in [0.4, 0.5) is 0 Å². The van der Waals surface area contributed by atoms with Gasteiger partial charge in [-0.25, -0.2) is 0 Å². The second-order valence-electron chi connectivity index (χ2n) is 3.26. The van der Waals surface area contributed by atoms with Crippen molar-refractivity contribution in [1.29, 1.82) is 0 Å². The third kappa shape index (κ3) is 3.06. The van der Waals surface area contributed by atoms with E-state index in [1.54, 1.807) is 19.2 Å². The maximum absolute atomic E-state index is 5.92. The molecule has 2 unspecified atom stereocenters. The number of hydrogen-bond donors (Lipinski definition) is 2. The number of rotatable bonds is 4. The van der Waals surface area contributed by atoms with E-state index in [1.807, 2.05) is 13.0 Å². The van der Waals surface area contributed by atoms with Crippen LogP contribution in [0.25, 0.3) is 0 Å². The highest BCUT2D eigenvalue weighted by Gasteiger charge is 2.18. The molecule has 1 rings (SSSR count). The number of nitrogens with one attached hydrogen (secondary N) is 1. The van der Waals surface area contributed by atoms with Crippen molar-refractivity contribution in [3.8, 4) is 0 Å². The van der Waals surface area contributed by atoms with Gasteiger partial charge >= 0.3 is 0 Å². The minimum atomic E-state index is -0.107. The summed E-state index contributed by atoms with van der Waals surface area (Å²) in [7, 11) is 1.63. The minimum absolute atomic E-state index is 0.0488. The summed E-state index contributed by atoms with van der Waals surface area (Å²) in [5.41, 5.74) is 3.63. The van der Waals surface area contributed by atoms with Gasteiger partial charge in [0.15, 0.2) is 0 Å². The lowest BCUT2D eigenvalue weighted by molar-refractivity contribution is 0.0831. The number of hydrogen-bond acceptors (Lipinski definition) is 3. The average Bonchev–Trinajstić information content (AvgIpc) is 2.24. The summed E-state index contributed by atoms with van der Waals surface area (Å²) in [6.07, 6.45) is -0.0488. The lowest BCUT2D eigenvalue weighted by Gasteiger charge is -2.22. The predicted octanol–water partition coefficient (Wildman–Crippen LogP) is 2.53. The zero-order valence-electron chi connectivity index (χ0n) is 8.63. The summed E-state index contributed by atoms with van der Waals surface area (Å²) in [5.74, 6) is 5.46. The Morgan fingerprint density at radius 2 is 2.00 bits per heavy atom. The van der Waals surface area contributed by atoms with Gasteiger partial charge in [-0.05, 0) is 24.6 Å². The van der Waals surface area contributed by atoms with Crippen LogP contribution in [0.5, 0.6) is 0 Å². The molecule has 0 saturated heterocycles. The molecule has 0 aliphatic carbocycles. The van der Waals surface area contributed by atoms with Crippen molar-refractivity contribution in [1.82, 2.24) is 5.43 Å². The first-order chi connectivity index (χ1) is 7.10. The molecule has 0 spiro atoms.